The average Bonchev–Trinajstić information content (AvgIpc) is 3.17. The highest BCUT2D eigenvalue weighted by atomic mass is 16.5. The van der Waals surface area contributed by atoms with Gasteiger partial charge in [-0.05, 0) is 55.5 Å². The van der Waals surface area contributed by atoms with Crippen molar-refractivity contribution in [2.45, 2.75) is 52.0 Å². The van der Waals surface area contributed by atoms with Gasteiger partial charge in [-0.1, -0.05) is 31.2 Å². The van der Waals surface area contributed by atoms with Crippen molar-refractivity contribution in [2.24, 2.45) is 0 Å². The average molecular weight is 450 g/mol. The van der Waals surface area contributed by atoms with Crippen LogP contribution in [0.3, 0.4) is 0 Å². The van der Waals surface area contributed by atoms with Crippen LogP contribution in [-0.2, 0) is 24.2 Å². The lowest BCUT2D eigenvalue weighted by atomic mass is 10.1. The number of aryl methyl sites for hydroxylation is 1. The summed E-state index contributed by atoms with van der Waals surface area (Å²) >= 11 is 0. The van der Waals surface area contributed by atoms with E-state index in [-0.39, 0.29) is 5.91 Å². The van der Waals surface area contributed by atoms with Crippen molar-refractivity contribution in [3.05, 3.63) is 66.5 Å². The molecule has 0 spiro atoms. The highest BCUT2D eigenvalue weighted by Gasteiger charge is 2.11. The van der Waals surface area contributed by atoms with Gasteiger partial charge in [0, 0.05) is 25.9 Å². The molecule has 33 heavy (non-hydrogen) atoms. The number of nitrogens with zero attached hydrogens (tertiary/aromatic N) is 2. The molecule has 1 aromatic heterocycles. The van der Waals surface area contributed by atoms with Gasteiger partial charge in [0.2, 0.25) is 5.91 Å². The van der Waals surface area contributed by atoms with E-state index < -0.39 is 0 Å². The van der Waals surface area contributed by atoms with E-state index in [9.17, 15) is 4.79 Å². The molecule has 1 amide bonds. The Balaban J connectivity index is 1.55. The Morgan fingerprint density at radius 2 is 2.03 bits per heavy atom. The number of fused-ring (bicyclic) bond motifs is 1. The van der Waals surface area contributed by atoms with Gasteiger partial charge in [0.15, 0.2) is 11.5 Å². The lowest BCUT2D eigenvalue weighted by Gasteiger charge is -2.13. The molecule has 0 fully saturated rings. The number of methoxy groups -OCH3 is 1. The van der Waals surface area contributed by atoms with Crippen molar-refractivity contribution in [2.75, 3.05) is 20.3 Å². The number of hydrogen-bond acceptors (Lipinski definition) is 4. The van der Waals surface area contributed by atoms with Gasteiger partial charge in [-0.25, -0.2) is 4.98 Å². The zero-order valence-corrected chi connectivity index (χ0v) is 19.8. The van der Waals surface area contributed by atoms with Gasteiger partial charge in [-0.2, -0.15) is 0 Å². The van der Waals surface area contributed by atoms with Crippen LogP contribution in [0.2, 0.25) is 0 Å². The van der Waals surface area contributed by atoms with E-state index in [0.717, 1.165) is 72.6 Å². The molecule has 176 valence electrons. The van der Waals surface area contributed by atoms with Crippen LogP contribution in [0.5, 0.6) is 11.5 Å². The SMILES string of the molecule is C=CCc1ccc(OCCCCn2c(CCNC(=O)CCC)nc3ccccc32)c(OC)c1. The molecule has 6 nitrogen and oxygen atoms in total. The minimum Gasteiger partial charge on any atom is -0.493 e. The third-order valence-corrected chi connectivity index (χ3v) is 5.52. The van der Waals surface area contributed by atoms with Gasteiger partial charge in [-0.15, -0.1) is 6.58 Å². The van der Waals surface area contributed by atoms with Crippen LogP contribution in [0.25, 0.3) is 11.0 Å². The smallest absolute Gasteiger partial charge is 0.219 e. The minimum atomic E-state index is 0.102. The molecule has 0 atom stereocenters. The van der Waals surface area contributed by atoms with Crippen molar-refractivity contribution in [3.63, 3.8) is 0 Å². The highest BCUT2D eigenvalue weighted by Crippen LogP contribution is 2.28. The van der Waals surface area contributed by atoms with Crippen LogP contribution in [0.15, 0.2) is 55.1 Å². The summed E-state index contributed by atoms with van der Waals surface area (Å²) in [4.78, 5) is 16.6. The molecule has 0 radical (unpaired) electrons. The Kier molecular flexibility index (Phi) is 9.36. The summed E-state index contributed by atoms with van der Waals surface area (Å²) in [6.07, 6.45) is 6.70. The molecule has 1 N–H and O–H groups in total. The van der Waals surface area contributed by atoms with E-state index in [1.807, 2.05) is 49.4 Å². The third-order valence-electron chi connectivity index (χ3n) is 5.52. The van der Waals surface area contributed by atoms with Crippen molar-refractivity contribution >= 4 is 16.9 Å². The van der Waals surface area contributed by atoms with Crippen LogP contribution in [0.1, 0.15) is 44.0 Å². The number of benzene rings is 2. The van der Waals surface area contributed by atoms with E-state index in [1.54, 1.807) is 7.11 Å². The first-order valence-electron chi connectivity index (χ1n) is 11.8. The van der Waals surface area contributed by atoms with Gasteiger partial charge in [0.25, 0.3) is 0 Å². The van der Waals surface area contributed by atoms with Gasteiger partial charge in [0.05, 0.1) is 24.8 Å². The summed E-state index contributed by atoms with van der Waals surface area (Å²) < 4.78 is 13.7. The fourth-order valence-electron chi connectivity index (χ4n) is 3.87. The molecule has 1 heterocycles. The van der Waals surface area contributed by atoms with Crippen molar-refractivity contribution in [1.29, 1.82) is 0 Å². The van der Waals surface area contributed by atoms with Crippen LogP contribution in [-0.4, -0.2) is 35.7 Å². The number of carbonyl (C=O) groups excluding carboxylic acids is 1. The van der Waals surface area contributed by atoms with Crippen LogP contribution >= 0.6 is 0 Å². The fourth-order valence-corrected chi connectivity index (χ4v) is 3.87. The molecular weight excluding hydrogens is 414 g/mol. The number of nitrogens with one attached hydrogen (secondary N) is 1. The maximum atomic E-state index is 11.8. The Labute approximate surface area is 196 Å². The molecule has 0 saturated carbocycles. The summed E-state index contributed by atoms with van der Waals surface area (Å²) in [5.74, 6) is 2.63. The molecule has 0 unspecified atom stereocenters. The number of para-hydroxylation sites is 2. The molecule has 0 aliphatic heterocycles. The van der Waals surface area contributed by atoms with Crippen LogP contribution in [0, 0.1) is 0 Å². The van der Waals surface area contributed by atoms with Gasteiger partial charge >= 0.3 is 0 Å². The molecule has 6 heteroatoms. The van der Waals surface area contributed by atoms with Crippen molar-refractivity contribution < 1.29 is 14.3 Å². The summed E-state index contributed by atoms with van der Waals surface area (Å²) in [6, 6.07) is 14.2. The number of allylic oxidation sites excluding steroid dienone is 1. The number of imidazole rings is 1. The Morgan fingerprint density at radius 1 is 1.18 bits per heavy atom. The normalized spacial score (nSPS) is 10.8. The number of carbonyl (C=O) groups is 1. The molecular formula is C27H35N3O3. The van der Waals surface area contributed by atoms with Gasteiger partial charge in [-0.3, -0.25) is 4.79 Å². The van der Waals surface area contributed by atoms with E-state index in [0.29, 0.717) is 19.6 Å². The quantitative estimate of drug-likeness (QED) is 0.275. The highest BCUT2D eigenvalue weighted by molar-refractivity contribution is 5.76. The second-order valence-corrected chi connectivity index (χ2v) is 8.05. The first kappa shape index (κ1) is 24.4. The minimum absolute atomic E-state index is 0.102. The molecule has 0 saturated heterocycles. The Bertz CT molecular complexity index is 1060. The standard InChI is InChI=1S/C27H35N3O3/c1-4-10-21-14-15-24(25(20-21)32-3)33-19-9-8-18-30-23-13-7-6-12-22(23)29-26(30)16-17-28-27(31)11-5-2/h4,6-7,12-15,20H,1,5,8-11,16-19H2,2-3H3,(H,28,31). The molecule has 3 rings (SSSR count). The fraction of sp³-hybridized carbons (Fsp3) is 0.407. The summed E-state index contributed by atoms with van der Waals surface area (Å²) in [5.41, 5.74) is 3.28. The second-order valence-electron chi connectivity index (χ2n) is 8.05. The number of rotatable bonds is 14. The van der Waals surface area contributed by atoms with Crippen molar-refractivity contribution in [3.8, 4) is 11.5 Å². The van der Waals surface area contributed by atoms with Crippen LogP contribution in [0.4, 0.5) is 0 Å². The summed E-state index contributed by atoms with van der Waals surface area (Å²) in [7, 11) is 1.66. The molecule has 0 aliphatic rings. The largest absolute Gasteiger partial charge is 0.493 e. The number of ether oxygens (including phenoxy) is 2. The van der Waals surface area contributed by atoms with E-state index in [1.165, 1.54) is 0 Å². The zero-order chi connectivity index (χ0) is 23.5. The number of hydrogen-bond donors (Lipinski definition) is 1. The van der Waals surface area contributed by atoms with Gasteiger partial charge < -0.3 is 19.4 Å². The maximum absolute atomic E-state index is 11.8. The maximum Gasteiger partial charge on any atom is 0.219 e. The molecule has 2 aromatic carbocycles. The lowest BCUT2D eigenvalue weighted by molar-refractivity contribution is -0.121. The third kappa shape index (κ3) is 6.85. The predicted octanol–water partition coefficient (Wildman–Crippen LogP) is 5.09. The summed E-state index contributed by atoms with van der Waals surface area (Å²) in [6.45, 7) is 7.88. The monoisotopic (exact) mass is 449 g/mol. The Morgan fingerprint density at radius 3 is 2.82 bits per heavy atom. The molecule has 0 bridgehead atoms. The first-order valence-corrected chi connectivity index (χ1v) is 11.8. The predicted molar refractivity (Wildman–Crippen MR) is 133 cm³/mol. The van der Waals surface area contributed by atoms with Gasteiger partial charge in [0.1, 0.15) is 5.82 Å². The topological polar surface area (TPSA) is 65.4 Å². The van der Waals surface area contributed by atoms with E-state index in [2.05, 4.69) is 22.5 Å². The zero-order valence-electron chi connectivity index (χ0n) is 19.8. The first-order chi connectivity index (χ1) is 16.2. The molecule has 3 aromatic rings. The van der Waals surface area contributed by atoms with Crippen molar-refractivity contribution in [1.82, 2.24) is 14.9 Å². The number of unbranched alkanes of at least 4 members (excludes halogenated alkanes) is 1. The van der Waals surface area contributed by atoms with Crippen LogP contribution < -0.4 is 14.8 Å². The summed E-state index contributed by atoms with van der Waals surface area (Å²) in [5, 5.41) is 2.99. The van der Waals surface area contributed by atoms with E-state index >= 15 is 0 Å². The lowest BCUT2D eigenvalue weighted by Crippen LogP contribution is -2.26. The second kappa shape index (κ2) is 12.7. The Hall–Kier alpha value is -3.28. The molecule has 0 aliphatic carbocycles. The number of amides is 1. The number of aromatic nitrogens is 2. The van der Waals surface area contributed by atoms with E-state index in [4.69, 9.17) is 14.5 Å².